The molecule has 0 radical (unpaired) electrons. The van der Waals surface area contributed by atoms with E-state index in [0.717, 1.165) is 40.8 Å². The fourth-order valence-electron chi connectivity index (χ4n) is 5.72. The number of amides is 1. The largest absolute Gasteiger partial charge is 0.478 e. The summed E-state index contributed by atoms with van der Waals surface area (Å²) < 4.78 is 1.83. The van der Waals surface area contributed by atoms with Gasteiger partial charge in [-0.1, -0.05) is 12.1 Å². The molecule has 0 saturated carbocycles. The average Bonchev–Trinajstić information content (AvgIpc) is 3.59. The molecule has 38 heavy (non-hydrogen) atoms. The van der Waals surface area contributed by atoms with Gasteiger partial charge in [-0.3, -0.25) is 4.79 Å². The Morgan fingerprint density at radius 2 is 1.50 bits per heavy atom. The number of carbonyl (C=O) groups excluding carboxylic acids is 1. The first-order chi connectivity index (χ1) is 18.3. The quantitative estimate of drug-likeness (QED) is 0.305. The van der Waals surface area contributed by atoms with Crippen LogP contribution >= 0.6 is 0 Å². The van der Waals surface area contributed by atoms with Crippen molar-refractivity contribution in [1.82, 2.24) is 19.9 Å². The van der Waals surface area contributed by atoms with Crippen LogP contribution in [0, 0.1) is 0 Å². The molecule has 2 aliphatic rings. The molecule has 4 aromatic rings. The normalized spacial score (nSPS) is 17.7. The number of carbonyl (C=O) groups is 3. The topological polar surface area (TPSA) is 146 Å². The van der Waals surface area contributed by atoms with Gasteiger partial charge < -0.3 is 25.4 Å². The van der Waals surface area contributed by atoms with Crippen LogP contribution in [0.25, 0.3) is 11.0 Å². The number of benzene rings is 2. The van der Waals surface area contributed by atoms with Gasteiger partial charge in [-0.25, -0.2) is 19.6 Å². The second kappa shape index (κ2) is 8.98. The van der Waals surface area contributed by atoms with Crippen LogP contribution in [0.4, 0.5) is 5.69 Å². The van der Waals surface area contributed by atoms with Gasteiger partial charge in [-0.05, 0) is 72.2 Å². The molecule has 2 atom stereocenters. The van der Waals surface area contributed by atoms with E-state index in [-0.39, 0.29) is 34.8 Å². The summed E-state index contributed by atoms with van der Waals surface area (Å²) in [6.45, 7) is 0. The van der Waals surface area contributed by atoms with Crippen molar-refractivity contribution >= 4 is 34.6 Å². The van der Waals surface area contributed by atoms with Gasteiger partial charge in [0.2, 0.25) is 0 Å². The standard InChI is InChI=1S/C28H25N5O5/c1-33-12-22(31-20-8-4-14-10-16(27(35)36)2-6-18(14)20)23-25(33)24(30-13-29-23)26(34)32-21-9-5-15-11-17(28(37)38)3-7-19(15)21/h2-3,6-7,10-13,20-21,31H,4-5,8-9H2,1H3,(H,32,34)(H,35,36)(H,37,38)/t20?,21-/m0/s1. The highest BCUT2D eigenvalue weighted by Gasteiger charge is 2.29. The summed E-state index contributed by atoms with van der Waals surface area (Å²) in [6, 6.07) is 10.00. The predicted octanol–water partition coefficient (Wildman–Crippen LogP) is 3.88. The van der Waals surface area contributed by atoms with Crippen molar-refractivity contribution in [2.75, 3.05) is 5.32 Å². The molecule has 2 aliphatic carbocycles. The zero-order valence-corrected chi connectivity index (χ0v) is 20.6. The molecule has 6 rings (SSSR count). The Kier molecular flexibility index (Phi) is 5.59. The van der Waals surface area contributed by atoms with Crippen molar-refractivity contribution in [3.8, 4) is 0 Å². The van der Waals surface area contributed by atoms with Crippen molar-refractivity contribution in [3.63, 3.8) is 0 Å². The minimum absolute atomic E-state index is 0.00336. The number of anilines is 1. The second-order valence-corrected chi connectivity index (χ2v) is 9.81. The highest BCUT2D eigenvalue weighted by atomic mass is 16.4. The summed E-state index contributed by atoms with van der Waals surface area (Å²) in [7, 11) is 1.84. The maximum atomic E-state index is 13.4. The fourth-order valence-corrected chi connectivity index (χ4v) is 5.72. The van der Waals surface area contributed by atoms with Crippen LogP contribution in [0.2, 0.25) is 0 Å². The van der Waals surface area contributed by atoms with Crippen molar-refractivity contribution in [2.45, 2.75) is 37.8 Å². The average molecular weight is 512 g/mol. The molecule has 0 saturated heterocycles. The van der Waals surface area contributed by atoms with E-state index in [1.165, 1.54) is 6.33 Å². The van der Waals surface area contributed by atoms with E-state index in [0.29, 0.717) is 23.9 Å². The summed E-state index contributed by atoms with van der Waals surface area (Å²) in [5.74, 6) is -2.23. The Labute approximate surface area is 217 Å². The molecule has 0 spiro atoms. The number of aromatic nitrogens is 3. The lowest BCUT2D eigenvalue weighted by Gasteiger charge is -2.15. The number of rotatable bonds is 6. The van der Waals surface area contributed by atoms with E-state index in [1.807, 2.05) is 23.9 Å². The molecule has 1 unspecified atom stereocenters. The maximum Gasteiger partial charge on any atom is 0.335 e. The van der Waals surface area contributed by atoms with E-state index in [9.17, 15) is 24.6 Å². The number of hydrogen-bond acceptors (Lipinski definition) is 6. The predicted molar refractivity (Wildman–Crippen MR) is 139 cm³/mol. The highest BCUT2D eigenvalue weighted by Crippen LogP contribution is 2.37. The Balaban J connectivity index is 1.26. The highest BCUT2D eigenvalue weighted by molar-refractivity contribution is 6.06. The summed E-state index contributed by atoms with van der Waals surface area (Å²) in [6.07, 6.45) is 6.23. The number of carboxylic acid groups (broad SMARTS) is 2. The molecule has 1 amide bonds. The van der Waals surface area contributed by atoms with E-state index >= 15 is 0 Å². The van der Waals surface area contributed by atoms with Gasteiger partial charge in [0.15, 0.2) is 5.69 Å². The third kappa shape index (κ3) is 3.94. The van der Waals surface area contributed by atoms with Crippen LogP contribution in [-0.2, 0) is 19.9 Å². The zero-order valence-electron chi connectivity index (χ0n) is 20.6. The SMILES string of the molecule is Cn1cc(NC2CCc3cc(C(=O)O)ccc32)c2ncnc(C(=O)N[C@H]3CCc4cc(C(=O)O)ccc43)c21. The molecule has 192 valence electrons. The molecule has 0 aliphatic heterocycles. The fraction of sp³-hybridized carbons (Fsp3) is 0.250. The first kappa shape index (κ1) is 23.7. The number of nitrogens with zero attached hydrogens (tertiary/aromatic N) is 3. The zero-order chi connectivity index (χ0) is 26.6. The lowest BCUT2D eigenvalue weighted by molar-refractivity contribution is 0.0686. The third-order valence-electron chi connectivity index (χ3n) is 7.54. The van der Waals surface area contributed by atoms with Gasteiger partial charge in [0.25, 0.3) is 5.91 Å². The molecule has 2 heterocycles. The summed E-state index contributed by atoms with van der Waals surface area (Å²) in [5, 5.41) is 25.2. The molecule has 0 fully saturated rings. The van der Waals surface area contributed by atoms with E-state index in [2.05, 4.69) is 20.6 Å². The Morgan fingerprint density at radius 3 is 2.13 bits per heavy atom. The van der Waals surface area contributed by atoms with Crippen molar-refractivity contribution in [1.29, 1.82) is 0 Å². The summed E-state index contributed by atoms with van der Waals surface area (Å²) in [5.41, 5.74) is 6.72. The van der Waals surface area contributed by atoms with E-state index in [4.69, 9.17) is 0 Å². The van der Waals surface area contributed by atoms with Crippen LogP contribution < -0.4 is 10.6 Å². The molecule has 4 N–H and O–H groups in total. The van der Waals surface area contributed by atoms with Gasteiger partial charge in [0, 0.05) is 13.2 Å². The number of hydrogen-bond donors (Lipinski definition) is 4. The number of aryl methyl sites for hydroxylation is 3. The van der Waals surface area contributed by atoms with E-state index < -0.39 is 11.9 Å². The number of carboxylic acids is 2. The summed E-state index contributed by atoms with van der Waals surface area (Å²) in [4.78, 5) is 44.8. The van der Waals surface area contributed by atoms with Crippen molar-refractivity contribution in [3.05, 3.63) is 88.0 Å². The third-order valence-corrected chi connectivity index (χ3v) is 7.54. The Bertz CT molecular complexity index is 1640. The Morgan fingerprint density at radius 1 is 0.895 bits per heavy atom. The van der Waals surface area contributed by atoms with Crippen LogP contribution in [0.1, 0.15) is 78.4 Å². The lowest BCUT2D eigenvalue weighted by Crippen LogP contribution is -2.28. The molecular weight excluding hydrogens is 486 g/mol. The molecule has 2 aromatic carbocycles. The summed E-state index contributed by atoms with van der Waals surface area (Å²) >= 11 is 0. The van der Waals surface area contributed by atoms with Crippen LogP contribution in [-0.4, -0.2) is 42.6 Å². The monoisotopic (exact) mass is 511 g/mol. The van der Waals surface area contributed by atoms with Gasteiger partial charge >= 0.3 is 11.9 Å². The van der Waals surface area contributed by atoms with Crippen LogP contribution in [0.5, 0.6) is 0 Å². The van der Waals surface area contributed by atoms with Gasteiger partial charge in [-0.2, -0.15) is 0 Å². The van der Waals surface area contributed by atoms with Gasteiger partial charge in [0.1, 0.15) is 17.4 Å². The number of aromatic carboxylic acids is 2. The molecule has 0 bridgehead atoms. The first-order valence-electron chi connectivity index (χ1n) is 12.4. The van der Waals surface area contributed by atoms with Crippen molar-refractivity contribution in [2.24, 2.45) is 7.05 Å². The second-order valence-electron chi connectivity index (χ2n) is 9.81. The minimum atomic E-state index is -0.970. The number of fused-ring (bicyclic) bond motifs is 3. The molecular formula is C28H25N5O5. The molecule has 10 heteroatoms. The molecule has 10 nitrogen and oxygen atoms in total. The van der Waals surface area contributed by atoms with E-state index in [1.54, 1.807) is 30.3 Å². The smallest absolute Gasteiger partial charge is 0.335 e. The van der Waals surface area contributed by atoms with Crippen LogP contribution in [0.3, 0.4) is 0 Å². The number of nitrogens with one attached hydrogen (secondary N) is 2. The van der Waals surface area contributed by atoms with Crippen LogP contribution in [0.15, 0.2) is 48.9 Å². The first-order valence-corrected chi connectivity index (χ1v) is 12.4. The lowest BCUT2D eigenvalue weighted by atomic mass is 10.0. The minimum Gasteiger partial charge on any atom is -0.478 e. The Hall–Kier alpha value is -4.73. The van der Waals surface area contributed by atoms with Gasteiger partial charge in [0.05, 0.1) is 28.9 Å². The van der Waals surface area contributed by atoms with Gasteiger partial charge in [-0.15, -0.1) is 0 Å². The maximum absolute atomic E-state index is 13.4. The molecule has 2 aromatic heterocycles. The van der Waals surface area contributed by atoms with Crippen molar-refractivity contribution < 1.29 is 24.6 Å².